The Morgan fingerprint density at radius 3 is 2.41 bits per heavy atom. The number of rotatable bonds is 5. The molecule has 0 aromatic heterocycles. The standard InChI is InChI=1S/C15H19NO/c1-5-7-8-13(6-2)16(3)14-9-11-15(17-4)12-10-14/h5-12H,1H2,2-4H3/b8-7-,13-6+. The van der Waals surface area contributed by atoms with Crippen molar-refractivity contribution in [1.82, 2.24) is 0 Å². The first-order chi connectivity index (χ1) is 8.22. The van der Waals surface area contributed by atoms with Gasteiger partial charge in [-0.15, -0.1) is 0 Å². The van der Waals surface area contributed by atoms with Gasteiger partial charge in [0.25, 0.3) is 0 Å². The number of allylic oxidation sites excluding steroid dienone is 4. The summed E-state index contributed by atoms with van der Waals surface area (Å²) < 4.78 is 5.14. The van der Waals surface area contributed by atoms with Gasteiger partial charge in [0.2, 0.25) is 0 Å². The van der Waals surface area contributed by atoms with Crippen molar-refractivity contribution in [1.29, 1.82) is 0 Å². The smallest absolute Gasteiger partial charge is 0.119 e. The van der Waals surface area contributed by atoms with E-state index in [-0.39, 0.29) is 0 Å². The highest BCUT2D eigenvalue weighted by Crippen LogP contribution is 2.21. The molecule has 0 fully saturated rings. The molecular weight excluding hydrogens is 210 g/mol. The first-order valence-corrected chi connectivity index (χ1v) is 5.56. The Morgan fingerprint density at radius 2 is 1.94 bits per heavy atom. The Balaban J connectivity index is 2.90. The summed E-state index contributed by atoms with van der Waals surface area (Å²) in [5.74, 6) is 0.866. The van der Waals surface area contributed by atoms with Gasteiger partial charge in [-0.25, -0.2) is 0 Å². The molecule has 1 aromatic carbocycles. The molecule has 0 saturated carbocycles. The van der Waals surface area contributed by atoms with Crippen molar-refractivity contribution >= 4 is 5.69 Å². The van der Waals surface area contributed by atoms with Crippen LogP contribution in [0.1, 0.15) is 6.92 Å². The predicted molar refractivity (Wildman–Crippen MR) is 74.5 cm³/mol. The van der Waals surface area contributed by atoms with Gasteiger partial charge in [-0.2, -0.15) is 0 Å². The Morgan fingerprint density at radius 1 is 1.29 bits per heavy atom. The minimum absolute atomic E-state index is 0.866. The lowest BCUT2D eigenvalue weighted by atomic mass is 10.2. The van der Waals surface area contributed by atoms with E-state index in [1.165, 1.54) is 0 Å². The zero-order chi connectivity index (χ0) is 12.7. The number of anilines is 1. The number of nitrogens with zero attached hydrogens (tertiary/aromatic N) is 1. The second-order valence-electron chi connectivity index (χ2n) is 3.57. The zero-order valence-corrected chi connectivity index (χ0v) is 10.7. The second kappa shape index (κ2) is 6.59. The monoisotopic (exact) mass is 229 g/mol. The Kier molecular flexibility index (Phi) is 5.08. The SMILES string of the molecule is C=C/C=C\C(=C/C)N(C)c1ccc(OC)cc1. The highest BCUT2D eigenvalue weighted by atomic mass is 16.5. The van der Waals surface area contributed by atoms with Gasteiger partial charge >= 0.3 is 0 Å². The largest absolute Gasteiger partial charge is 0.497 e. The molecule has 2 nitrogen and oxygen atoms in total. The van der Waals surface area contributed by atoms with Crippen LogP contribution in [-0.4, -0.2) is 14.2 Å². The molecule has 2 heteroatoms. The lowest BCUT2D eigenvalue weighted by Crippen LogP contribution is -2.14. The van der Waals surface area contributed by atoms with E-state index < -0.39 is 0 Å². The van der Waals surface area contributed by atoms with Crippen LogP contribution in [0, 0.1) is 0 Å². The molecule has 1 aromatic rings. The minimum atomic E-state index is 0.866. The third-order valence-corrected chi connectivity index (χ3v) is 2.55. The maximum absolute atomic E-state index is 5.14. The maximum atomic E-state index is 5.14. The van der Waals surface area contributed by atoms with Crippen LogP contribution in [0.4, 0.5) is 5.69 Å². The maximum Gasteiger partial charge on any atom is 0.119 e. The van der Waals surface area contributed by atoms with Crippen molar-refractivity contribution in [2.24, 2.45) is 0 Å². The van der Waals surface area contributed by atoms with E-state index in [1.807, 2.05) is 50.4 Å². The van der Waals surface area contributed by atoms with Crippen LogP contribution in [0.2, 0.25) is 0 Å². The van der Waals surface area contributed by atoms with E-state index in [9.17, 15) is 0 Å². The van der Waals surface area contributed by atoms with Gasteiger partial charge in [-0.3, -0.25) is 0 Å². The zero-order valence-electron chi connectivity index (χ0n) is 10.7. The lowest BCUT2D eigenvalue weighted by Gasteiger charge is -2.20. The van der Waals surface area contributed by atoms with E-state index in [0.717, 1.165) is 17.1 Å². The van der Waals surface area contributed by atoms with Crippen molar-refractivity contribution in [2.45, 2.75) is 6.92 Å². The van der Waals surface area contributed by atoms with E-state index in [4.69, 9.17) is 4.74 Å². The molecule has 0 aliphatic rings. The first-order valence-electron chi connectivity index (χ1n) is 5.56. The average Bonchev–Trinajstić information content (AvgIpc) is 2.39. The van der Waals surface area contributed by atoms with Crippen molar-refractivity contribution in [3.8, 4) is 5.75 Å². The summed E-state index contributed by atoms with van der Waals surface area (Å²) in [6, 6.07) is 7.97. The summed E-state index contributed by atoms with van der Waals surface area (Å²) in [4.78, 5) is 2.11. The fourth-order valence-corrected chi connectivity index (χ4v) is 1.52. The molecule has 0 aliphatic carbocycles. The number of ether oxygens (including phenoxy) is 1. The molecule has 0 radical (unpaired) electrons. The summed E-state index contributed by atoms with van der Waals surface area (Å²) in [6.07, 6.45) is 7.78. The Bertz CT molecular complexity index is 415. The molecule has 0 aliphatic heterocycles. The molecule has 1 rings (SSSR count). The second-order valence-corrected chi connectivity index (χ2v) is 3.57. The average molecular weight is 229 g/mol. The van der Waals surface area contributed by atoms with Crippen molar-refractivity contribution in [3.63, 3.8) is 0 Å². The van der Waals surface area contributed by atoms with Gasteiger partial charge in [0, 0.05) is 18.4 Å². The number of hydrogen-bond acceptors (Lipinski definition) is 2. The summed E-state index contributed by atoms with van der Waals surface area (Å²) in [5, 5.41) is 0. The fourth-order valence-electron chi connectivity index (χ4n) is 1.52. The summed E-state index contributed by atoms with van der Waals surface area (Å²) in [5.41, 5.74) is 2.24. The quantitative estimate of drug-likeness (QED) is 0.712. The van der Waals surface area contributed by atoms with Crippen LogP contribution < -0.4 is 9.64 Å². The first kappa shape index (κ1) is 13.1. The molecule has 0 unspecified atom stereocenters. The highest BCUT2D eigenvalue weighted by Gasteiger charge is 2.03. The molecule has 0 bridgehead atoms. The van der Waals surface area contributed by atoms with Crippen molar-refractivity contribution in [2.75, 3.05) is 19.1 Å². The molecule has 17 heavy (non-hydrogen) atoms. The molecule has 0 heterocycles. The number of benzene rings is 1. The van der Waals surface area contributed by atoms with Crippen LogP contribution in [-0.2, 0) is 0 Å². The Hall–Kier alpha value is -1.96. The lowest BCUT2D eigenvalue weighted by molar-refractivity contribution is 0.415. The van der Waals surface area contributed by atoms with Crippen LogP contribution >= 0.6 is 0 Å². The van der Waals surface area contributed by atoms with E-state index in [0.29, 0.717) is 0 Å². The van der Waals surface area contributed by atoms with Crippen LogP contribution in [0.3, 0.4) is 0 Å². The Labute approximate surface area is 104 Å². The minimum Gasteiger partial charge on any atom is -0.497 e. The van der Waals surface area contributed by atoms with Crippen molar-refractivity contribution in [3.05, 3.63) is 60.8 Å². The number of methoxy groups -OCH3 is 1. The van der Waals surface area contributed by atoms with E-state index >= 15 is 0 Å². The summed E-state index contributed by atoms with van der Waals surface area (Å²) in [7, 11) is 3.70. The van der Waals surface area contributed by atoms with Gasteiger partial charge in [0.05, 0.1) is 7.11 Å². The van der Waals surface area contributed by atoms with Crippen LogP contribution in [0.25, 0.3) is 0 Å². The van der Waals surface area contributed by atoms with Gasteiger partial charge in [-0.05, 0) is 37.3 Å². The topological polar surface area (TPSA) is 12.5 Å². The molecule has 0 spiro atoms. The van der Waals surface area contributed by atoms with Gasteiger partial charge in [0.15, 0.2) is 0 Å². The fraction of sp³-hybridized carbons (Fsp3) is 0.200. The number of hydrogen-bond donors (Lipinski definition) is 0. The molecule has 0 N–H and O–H groups in total. The van der Waals surface area contributed by atoms with Gasteiger partial charge in [-0.1, -0.05) is 24.8 Å². The molecular formula is C15H19NO. The van der Waals surface area contributed by atoms with E-state index in [2.05, 4.69) is 17.6 Å². The normalized spacial score (nSPS) is 11.6. The molecule has 0 saturated heterocycles. The van der Waals surface area contributed by atoms with Crippen LogP contribution in [0.15, 0.2) is 60.8 Å². The van der Waals surface area contributed by atoms with Gasteiger partial charge < -0.3 is 9.64 Å². The molecule has 0 amide bonds. The predicted octanol–water partition coefficient (Wildman–Crippen LogP) is 3.78. The third kappa shape index (κ3) is 3.52. The highest BCUT2D eigenvalue weighted by molar-refractivity contribution is 5.55. The van der Waals surface area contributed by atoms with Crippen molar-refractivity contribution < 1.29 is 4.74 Å². The van der Waals surface area contributed by atoms with Gasteiger partial charge in [0.1, 0.15) is 5.75 Å². The summed E-state index contributed by atoms with van der Waals surface area (Å²) in [6.45, 7) is 5.69. The van der Waals surface area contributed by atoms with E-state index in [1.54, 1.807) is 13.2 Å². The van der Waals surface area contributed by atoms with Crippen LogP contribution in [0.5, 0.6) is 5.75 Å². The number of likely N-dealkylation sites (N-methyl/N-ethyl adjacent to an activating group) is 1. The molecule has 0 atom stereocenters. The molecule has 90 valence electrons. The third-order valence-electron chi connectivity index (χ3n) is 2.55. The summed E-state index contributed by atoms with van der Waals surface area (Å²) >= 11 is 0.